The number of hydrogen-bond acceptors (Lipinski definition) is 7. The summed E-state index contributed by atoms with van der Waals surface area (Å²) in [6.07, 6.45) is 0.0532. The fraction of sp³-hybridized carbons (Fsp3) is 0.333. The number of fused-ring (bicyclic) bond motifs is 1. The number of carbonyl (C=O) groups is 1. The summed E-state index contributed by atoms with van der Waals surface area (Å²) in [5.74, 6) is -0.771. The van der Waals surface area contributed by atoms with Gasteiger partial charge in [-0.25, -0.2) is 13.6 Å². The molecule has 1 amide bonds. The predicted molar refractivity (Wildman–Crippen MR) is 147 cm³/mol. The van der Waals surface area contributed by atoms with Crippen LogP contribution in [0.3, 0.4) is 0 Å². The van der Waals surface area contributed by atoms with Gasteiger partial charge in [-0.2, -0.15) is 0 Å². The van der Waals surface area contributed by atoms with Crippen molar-refractivity contribution < 1.29 is 37.0 Å². The summed E-state index contributed by atoms with van der Waals surface area (Å²) in [6, 6.07) is 14.5. The fourth-order valence-corrected chi connectivity index (χ4v) is 4.05. The Hall–Kier alpha value is -4.18. The number of nitrogens with zero attached hydrogens (tertiary/aromatic N) is 2. The quantitative estimate of drug-likeness (QED) is 0.193. The molecule has 4 aromatic rings. The SMILES string of the molecule is COCCCN(C(=O)OC(C)(C)C)c1noc2ccc(COc3ccc(-c4cc(F)c(F)cc4OC)cc3)cc12. The number of methoxy groups -OCH3 is 2. The van der Waals surface area contributed by atoms with Crippen LogP contribution in [0, 0.1) is 11.6 Å². The molecule has 0 spiro atoms. The van der Waals surface area contributed by atoms with E-state index in [-0.39, 0.29) is 12.4 Å². The Morgan fingerprint density at radius 2 is 1.73 bits per heavy atom. The first-order valence-corrected chi connectivity index (χ1v) is 12.7. The molecule has 0 fully saturated rings. The van der Waals surface area contributed by atoms with E-state index in [2.05, 4.69) is 5.16 Å². The fourth-order valence-electron chi connectivity index (χ4n) is 4.05. The van der Waals surface area contributed by atoms with Gasteiger partial charge in [-0.05, 0) is 68.7 Å². The van der Waals surface area contributed by atoms with Crippen LogP contribution in [0.25, 0.3) is 22.1 Å². The number of carbonyl (C=O) groups excluding carboxylic acids is 1. The third kappa shape index (κ3) is 6.87. The first-order valence-electron chi connectivity index (χ1n) is 12.7. The molecule has 0 bridgehead atoms. The molecule has 0 unspecified atom stereocenters. The number of amides is 1. The topological polar surface area (TPSA) is 83.3 Å². The van der Waals surface area contributed by atoms with Gasteiger partial charge in [0.05, 0.1) is 12.5 Å². The molecule has 40 heavy (non-hydrogen) atoms. The van der Waals surface area contributed by atoms with E-state index in [4.69, 9.17) is 23.5 Å². The third-order valence-corrected chi connectivity index (χ3v) is 5.93. The Bertz CT molecular complexity index is 1460. The molecule has 10 heteroatoms. The van der Waals surface area contributed by atoms with Crippen molar-refractivity contribution in [1.82, 2.24) is 5.16 Å². The summed E-state index contributed by atoms with van der Waals surface area (Å²) < 4.78 is 54.8. The normalized spacial score (nSPS) is 11.5. The van der Waals surface area contributed by atoms with E-state index in [0.717, 1.165) is 17.7 Å². The van der Waals surface area contributed by atoms with Crippen LogP contribution < -0.4 is 14.4 Å². The maximum atomic E-state index is 13.8. The van der Waals surface area contributed by atoms with Gasteiger partial charge in [-0.3, -0.25) is 4.90 Å². The second-order valence-corrected chi connectivity index (χ2v) is 10.1. The zero-order chi connectivity index (χ0) is 28.9. The molecule has 4 rings (SSSR count). The first kappa shape index (κ1) is 28.8. The molecule has 212 valence electrons. The first-order chi connectivity index (χ1) is 19.1. The Kier molecular flexibility index (Phi) is 8.89. The zero-order valence-electron chi connectivity index (χ0n) is 23.1. The van der Waals surface area contributed by atoms with Crippen molar-refractivity contribution in [3.8, 4) is 22.6 Å². The highest BCUT2D eigenvalue weighted by molar-refractivity contribution is 5.98. The minimum absolute atomic E-state index is 0.227. The largest absolute Gasteiger partial charge is 0.496 e. The molecule has 0 saturated carbocycles. The van der Waals surface area contributed by atoms with Crippen molar-refractivity contribution in [2.24, 2.45) is 0 Å². The van der Waals surface area contributed by atoms with Gasteiger partial charge in [0.2, 0.25) is 0 Å². The lowest BCUT2D eigenvalue weighted by atomic mass is 10.0. The average Bonchev–Trinajstić information content (AvgIpc) is 3.33. The van der Waals surface area contributed by atoms with Crippen LogP contribution in [0.4, 0.5) is 19.4 Å². The summed E-state index contributed by atoms with van der Waals surface area (Å²) in [7, 11) is 3.00. The molecule has 1 heterocycles. The molecule has 0 saturated heterocycles. The van der Waals surface area contributed by atoms with Crippen LogP contribution in [0.15, 0.2) is 59.1 Å². The van der Waals surface area contributed by atoms with Gasteiger partial charge in [-0.1, -0.05) is 23.4 Å². The van der Waals surface area contributed by atoms with Crippen LogP contribution in [-0.2, 0) is 16.1 Å². The van der Waals surface area contributed by atoms with Crippen molar-refractivity contribution in [3.05, 3.63) is 71.8 Å². The van der Waals surface area contributed by atoms with E-state index in [1.165, 1.54) is 12.0 Å². The van der Waals surface area contributed by atoms with E-state index in [1.54, 1.807) is 58.2 Å². The second kappa shape index (κ2) is 12.3. The van der Waals surface area contributed by atoms with Gasteiger partial charge in [0, 0.05) is 31.9 Å². The Balaban J connectivity index is 1.52. The van der Waals surface area contributed by atoms with Gasteiger partial charge in [0.15, 0.2) is 23.0 Å². The zero-order valence-corrected chi connectivity index (χ0v) is 23.1. The smallest absolute Gasteiger partial charge is 0.416 e. The minimum atomic E-state index is -0.974. The molecule has 8 nitrogen and oxygen atoms in total. The van der Waals surface area contributed by atoms with Gasteiger partial charge in [0.1, 0.15) is 23.7 Å². The van der Waals surface area contributed by atoms with Crippen molar-refractivity contribution in [3.63, 3.8) is 0 Å². The van der Waals surface area contributed by atoms with Crippen molar-refractivity contribution in [1.29, 1.82) is 0 Å². The van der Waals surface area contributed by atoms with E-state index < -0.39 is 23.3 Å². The number of rotatable bonds is 10. The highest BCUT2D eigenvalue weighted by atomic mass is 19.2. The number of ether oxygens (including phenoxy) is 4. The van der Waals surface area contributed by atoms with Gasteiger partial charge < -0.3 is 23.5 Å². The van der Waals surface area contributed by atoms with E-state index in [1.807, 2.05) is 12.1 Å². The van der Waals surface area contributed by atoms with Gasteiger partial charge in [0.25, 0.3) is 0 Å². The van der Waals surface area contributed by atoms with Crippen molar-refractivity contribution >= 4 is 22.9 Å². The Labute approximate surface area is 231 Å². The van der Waals surface area contributed by atoms with Gasteiger partial charge >= 0.3 is 6.09 Å². The van der Waals surface area contributed by atoms with Crippen LogP contribution in [0.1, 0.15) is 32.8 Å². The van der Waals surface area contributed by atoms with Crippen LogP contribution in [0.2, 0.25) is 0 Å². The second-order valence-electron chi connectivity index (χ2n) is 10.1. The van der Waals surface area contributed by atoms with Crippen LogP contribution >= 0.6 is 0 Å². The molecule has 0 N–H and O–H groups in total. The predicted octanol–water partition coefficient (Wildman–Crippen LogP) is 7.14. The lowest BCUT2D eigenvalue weighted by molar-refractivity contribution is 0.0575. The molecule has 0 atom stereocenters. The number of hydrogen-bond donors (Lipinski definition) is 0. The highest BCUT2D eigenvalue weighted by Gasteiger charge is 2.27. The van der Waals surface area contributed by atoms with E-state index >= 15 is 0 Å². The molecular formula is C30H32F2N2O6. The standard InChI is InChI=1S/C30H32F2N2O6/c1-30(2,3)39-29(35)34(13-6-14-36-4)28-23-15-19(7-12-26(23)40-33-28)18-38-21-10-8-20(9-11-21)22-16-24(31)25(32)17-27(22)37-5/h7-12,15-17H,6,13-14,18H2,1-5H3. The molecular weight excluding hydrogens is 522 g/mol. The monoisotopic (exact) mass is 554 g/mol. The average molecular weight is 555 g/mol. The maximum absolute atomic E-state index is 13.8. The van der Waals surface area contributed by atoms with Crippen molar-refractivity contribution in [2.45, 2.75) is 39.4 Å². The molecule has 0 aliphatic heterocycles. The number of benzene rings is 3. The van der Waals surface area contributed by atoms with Crippen molar-refractivity contribution in [2.75, 3.05) is 32.3 Å². The van der Waals surface area contributed by atoms with Crippen LogP contribution in [0.5, 0.6) is 11.5 Å². The Morgan fingerprint density at radius 3 is 2.40 bits per heavy atom. The molecule has 0 radical (unpaired) electrons. The molecule has 0 aliphatic carbocycles. The highest BCUT2D eigenvalue weighted by Crippen LogP contribution is 2.33. The summed E-state index contributed by atoms with van der Waals surface area (Å²) in [4.78, 5) is 14.5. The number of anilines is 1. The molecule has 1 aromatic heterocycles. The Morgan fingerprint density at radius 1 is 1.00 bits per heavy atom. The summed E-state index contributed by atoms with van der Waals surface area (Å²) in [5, 5.41) is 4.80. The lowest BCUT2D eigenvalue weighted by Crippen LogP contribution is -2.38. The third-order valence-electron chi connectivity index (χ3n) is 5.93. The number of aromatic nitrogens is 1. The van der Waals surface area contributed by atoms with Crippen LogP contribution in [-0.4, -0.2) is 44.2 Å². The maximum Gasteiger partial charge on any atom is 0.416 e. The summed E-state index contributed by atoms with van der Waals surface area (Å²) >= 11 is 0. The molecule has 0 aliphatic rings. The minimum Gasteiger partial charge on any atom is -0.496 e. The van der Waals surface area contributed by atoms with E-state index in [0.29, 0.717) is 53.2 Å². The van der Waals surface area contributed by atoms with E-state index in [9.17, 15) is 13.6 Å². The molecule has 3 aromatic carbocycles. The van der Waals surface area contributed by atoms with Gasteiger partial charge in [-0.15, -0.1) is 0 Å². The lowest BCUT2D eigenvalue weighted by Gasteiger charge is -2.26. The number of halogens is 2. The summed E-state index contributed by atoms with van der Waals surface area (Å²) in [6.45, 7) is 6.43. The summed E-state index contributed by atoms with van der Waals surface area (Å²) in [5.41, 5.74) is 1.74.